The van der Waals surface area contributed by atoms with Crippen LogP contribution in [0.15, 0.2) is 57.7 Å². The van der Waals surface area contributed by atoms with Gasteiger partial charge in [-0.2, -0.15) is 0 Å². The first-order valence-electron chi connectivity index (χ1n) is 7.01. The lowest BCUT2D eigenvalue weighted by Crippen LogP contribution is -2.14. The Labute approximate surface area is 144 Å². The molecule has 0 saturated carbocycles. The molecule has 2 heterocycles. The Balaban J connectivity index is 1.70. The second-order valence-electron chi connectivity index (χ2n) is 5.03. The first-order chi connectivity index (χ1) is 11.6. The van der Waals surface area contributed by atoms with Crippen molar-refractivity contribution in [2.24, 2.45) is 0 Å². The summed E-state index contributed by atoms with van der Waals surface area (Å²) in [5.74, 6) is -0.600. The molecule has 0 atom stereocenters. The van der Waals surface area contributed by atoms with Crippen molar-refractivity contribution >= 4 is 55.2 Å². The molecule has 0 aliphatic heterocycles. The van der Waals surface area contributed by atoms with Crippen molar-refractivity contribution in [2.45, 2.75) is 0 Å². The molecule has 0 aliphatic carbocycles. The van der Waals surface area contributed by atoms with Crippen LogP contribution in [-0.2, 0) is 0 Å². The molecule has 4 rings (SSSR count). The molecule has 2 aromatic heterocycles. The van der Waals surface area contributed by atoms with Gasteiger partial charge in [0.15, 0.2) is 16.3 Å². The van der Waals surface area contributed by atoms with E-state index in [-0.39, 0.29) is 11.2 Å². The Morgan fingerprint density at radius 1 is 1.17 bits per heavy atom. The molecule has 4 aromatic rings. The van der Waals surface area contributed by atoms with Crippen LogP contribution in [0.3, 0.4) is 0 Å². The van der Waals surface area contributed by atoms with E-state index in [2.05, 4.69) is 10.3 Å². The molecule has 0 unspecified atom stereocenters. The number of hydrogen-bond acceptors (Lipinski definition) is 5. The van der Waals surface area contributed by atoms with Gasteiger partial charge in [-0.25, -0.2) is 4.98 Å². The molecule has 2 aromatic carbocycles. The van der Waals surface area contributed by atoms with Gasteiger partial charge in [0, 0.05) is 6.07 Å². The summed E-state index contributed by atoms with van der Waals surface area (Å²) in [6.07, 6.45) is 0. The largest absolute Gasteiger partial charge is 0.451 e. The fourth-order valence-corrected chi connectivity index (χ4v) is 3.50. The molecule has 7 heteroatoms. The molecule has 24 heavy (non-hydrogen) atoms. The summed E-state index contributed by atoms with van der Waals surface area (Å²) in [6.45, 7) is 0. The SMILES string of the molecule is O=C(Nc1nc2c(Cl)cccc2s1)c1cc(=O)c2ccccc2o1. The van der Waals surface area contributed by atoms with Gasteiger partial charge in [0.25, 0.3) is 5.91 Å². The van der Waals surface area contributed by atoms with Gasteiger partial charge in [0.05, 0.1) is 15.1 Å². The maximum atomic E-state index is 12.4. The third-order valence-electron chi connectivity index (χ3n) is 3.45. The minimum atomic E-state index is -0.534. The fourth-order valence-electron chi connectivity index (χ4n) is 2.34. The zero-order chi connectivity index (χ0) is 16.7. The average Bonchev–Trinajstić information content (AvgIpc) is 2.99. The Hall–Kier alpha value is -2.70. The van der Waals surface area contributed by atoms with Crippen molar-refractivity contribution < 1.29 is 9.21 Å². The number of thiazole rings is 1. The molecule has 1 N–H and O–H groups in total. The standard InChI is InChI=1S/C17H9ClN2O3S/c18-10-5-3-7-14-15(10)19-17(24-14)20-16(22)13-8-11(21)9-4-1-2-6-12(9)23-13/h1-8H,(H,19,20,22). The van der Waals surface area contributed by atoms with Crippen LogP contribution >= 0.6 is 22.9 Å². The number of carbonyl (C=O) groups excluding carboxylic acids is 1. The Morgan fingerprint density at radius 2 is 2.00 bits per heavy atom. The third kappa shape index (κ3) is 2.55. The molecular weight excluding hydrogens is 348 g/mol. The summed E-state index contributed by atoms with van der Waals surface area (Å²) in [4.78, 5) is 28.7. The topological polar surface area (TPSA) is 72.2 Å². The summed E-state index contributed by atoms with van der Waals surface area (Å²) in [6, 6.07) is 13.4. The van der Waals surface area contributed by atoms with Crippen molar-refractivity contribution in [3.05, 3.63) is 69.5 Å². The molecule has 118 valence electrons. The number of rotatable bonds is 2. The quantitative estimate of drug-likeness (QED) is 0.581. The van der Waals surface area contributed by atoms with E-state index in [9.17, 15) is 9.59 Å². The molecule has 1 amide bonds. The number of amides is 1. The van der Waals surface area contributed by atoms with Crippen molar-refractivity contribution in [2.75, 3.05) is 5.32 Å². The Bertz CT molecular complexity index is 1150. The highest BCUT2D eigenvalue weighted by Crippen LogP contribution is 2.30. The predicted octanol–water partition coefficient (Wildman–Crippen LogP) is 4.31. The van der Waals surface area contributed by atoms with E-state index in [4.69, 9.17) is 16.0 Å². The van der Waals surface area contributed by atoms with Crippen molar-refractivity contribution in [1.29, 1.82) is 0 Å². The van der Waals surface area contributed by atoms with Crippen LogP contribution in [-0.4, -0.2) is 10.9 Å². The smallest absolute Gasteiger partial charge is 0.293 e. The highest BCUT2D eigenvalue weighted by atomic mass is 35.5. The average molecular weight is 357 g/mol. The summed E-state index contributed by atoms with van der Waals surface area (Å²) in [5, 5.41) is 3.98. The summed E-state index contributed by atoms with van der Waals surface area (Å²) in [5.41, 5.74) is 0.719. The van der Waals surface area contributed by atoms with Crippen LogP contribution in [0.2, 0.25) is 5.02 Å². The number of anilines is 1. The Kier molecular flexibility index (Phi) is 3.55. The minimum absolute atomic E-state index is 0.0657. The second-order valence-corrected chi connectivity index (χ2v) is 6.47. The van der Waals surface area contributed by atoms with Crippen molar-refractivity contribution in [3.63, 3.8) is 0 Å². The number of para-hydroxylation sites is 2. The van der Waals surface area contributed by atoms with Gasteiger partial charge in [-0.05, 0) is 24.3 Å². The number of fused-ring (bicyclic) bond motifs is 2. The van der Waals surface area contributed by atoms with E-state index < -0.39 is 5.91 Å². The molecule has 5 nitrogen and oxygen atoms in total. The molecule has 0 bridgehead atoms. The van der Waals surface area contributed by atoms with Gasteiger partial charge in [-0.15, -0.1) is 0 Å². The lowest BCUT2D eigenvalue weighted by Gasteiger charge is -2.02. The lowest BCUT2D eigenvalue weighted by atomic mass is 10.2. The second kappa shape index (κ2) is 5.74. The highest BCUT2D eigenvalue weighted by molar-refractivity contribution is 7.22. The van der Waals surface area contributed by atoms with E-state index in [1.165, 1.54) is 17.4 Å². The lowest BCUT2D eigenvalue weighted by molar-refractivity contribution is 0.0997. The number of aromatic nitrogens is 1. The van der Waals surface area contributed by atoms with Crippen LogP contribution in [0.1, 0.15) is 10.6 Å². The van der Waals surface area contributed by atoms with Crippen molar-refractivity contribution in [3.8, 4) is 0 Å². The van der Waals surface area contributed by atoms with E-state index in [1.54, 1.807) is 30.3 Å². The monoisotopic (exact) mass is 356 g/mol. The van der Waals surface area contributed by atoms with Crippen LogP contribution in [0.4, 0.5) is 5.13 Å². The van der Waals surface area contributed by atoms with Crippen LogP contribution in [0, 0.1) is 0 Å². The first kappa shape index (κ1) is 14.9. The maximum Gasteiger partial charge on any atom is 0.293 e. The molecule has 0 spiro atoms. The number of halogens is 1. The Morgan fingerprint density at radius 3 is 2.83 bits per heavy atom. The van der Waals surface area contributed by atoms with Gasteiger partial charge in [-0.3, -0.25) is 14.9 Å². The van der Waals surface area contributed by atoms with Gasteiger partial charge >= 0.3 is 0 Å². The zero-order valence-corrected chi connectivity index (χ0v) is 13.6. The number of nitrogens with one attached hydrogen (secondary N) is 1. The minimum Gasteiger partial charge on any atom is -0.451 e. The van der Waals surface area contributed by atoms with Gasteiger partial charge in [0.2, 0.25) is 0 Å². The van der Waals surface area contributed by atoms with E-state index >= 15 is 0 Å². The van der Waals surface area contributed by atoms with Crippen LogP contribution < -0.4 is 10.7 Å². The third-order valence-corrected chi connectivity index (χ3v) is 4.69. The highest BCUT2D eigenvalue weighted by Gasteiger charge is 2.15. The molecular formula is C17H9ClN2O3S. The van der Waals surface area contributed by atoms with E-state index in [1.807, 2.05) is 12.1 Å². The van der Waals surface area contributed by atoms with E-state index in [0.717, 1.165) is 4.70 Å². The summed E-state index contributed by atoms with van der Waals surface area (Å²) < 4.78 is 6.37. The van der Waals surface area contributed by atoms with E-state index in [0.29, 0.717) is 26.6 Å². The van der Waals surface area contributed by atoms with Crippen molar-refractivity contribution in [1.82, 2.24) is 4.98 Å². The normalized spacial score (nSPS) is 11.0. The first-order valence-corrected chi connectivity index (χ1v) is 8.20. The van der Waals surface area contributed by atoms with Gasteiger partial charge in [0.1, 0.15) is 11.1 Å². The van der Waals surface area contributed by atoms with Crippen LogP contribution in [0.5, 0.6) is 0 Å². The zero-order valence-electron chi connectivity index (χ0n) is 12.1. The molecule has 0 saturated heterocycles. The molecule has 0 radical (unpaired) electrons. The number of nitrogens with zero attached hydrogens (tertiary/aromatic N) is 1. The maximum absolute atomic E-state index is 12.4. The summed E-state index contributed by atoms with van der Waals surface area (Å²) in [7, 11) is 0. The summed E-state index contributed by atoms with van der Waals surface area (Å²) >= 11 is 7.38. The number of benzene rings is 2. The number of hydrogen-bond donors (Lipinski definition) is 1. The fraction of sp³-hybridized carbons (Fsp3) is 0. The number of carbonyl (C=O) groups is 1. The van der Waals surface area contributed by atoms with Gasteiger partial charge < -0.3 is 4.42 Å². The predicted molar refractivity (Wildman–Crippen MR) is 95.1 cm³/mol. The van der Waals surface area contributed by atoms with Gasteiger partial charge in [-0.1, -0.05) is 41.1 Å². The molecule has 0 aliphatic rings. The molecule has 0 fully saturated rings. The van der Waals surface area contributed by atoms with Crippen LogP contribution in [0.25, 0.3) is 21.2 Å².